The van der Waals surface area contributed by atoms with Gasteiger partial charge in [-0.05, 0) is 31.5 Å². The summed E-state index contributed by atoms with van der Waals surface area (Å²) in [6, 6.07) is 8.02. The van der Waals surface area contributed by atoms with Crippen LogP contribution in [0.25, 0.3) is 11.1 Å². The first-order valence-electron chi connectivity index (χ1n) is 8.71. The average molecular weight is 341 g/mol. The van der Waals surface area contributed by atoms with E-state index >= 15 is 0 Å². The third-order valence-electron chi connectivity index (χ3n) is 4.61. The second-order valence-electron chi connectivity index (χ2n) is 6.93. The van der Waals surface area contributed by atoms with E-state index in [0.29, 0.717) is 11.8 Å². The number of fused-ring (bicyclic) bond motifs is 1. The molecule has 0 amide bonds. The molecule has 1 fully saturated rings. The fourth-order valence-electron chi connectivity index (χ4n) is 3.35. The summed E-state index contributed by atoms with van der Waals surface area (Å²) in [7, 11) is 0. The quantitative estimate of drug-likeness (QED) is 0.684. The number of nitrogens with zero attached hydrogens (tertiary/aromatic N) is 3. The van der Waals surface area contributed by atoms with Gasteiger partial charge < -0.3 is 4.42 Å². The van der Waals surface area contributed by atoms with E-state index in [0.717, 1.165) is 43.0 Å². The van der Waals surface area contributed by atoms with Crippen LogP contribution in [0.2, 0.25) is 0 Å². The Bertz CT molecular complexity index is 790. The van der Waals surface area contributed by atoms with Gasteiger partial charge >= 0.3 is 0 Å². The molecule has 1 aromatic carbocycles. The molecule has 0 radical (unpaired) electrons. The molecule has 1 unspecified atom stereocenters. The zero-order valence-electron chi connectivity index (χ0n) is 14.2. The summed E-state index contributed by atoms with van der Waals surface area (Å²) in [5.74, 6) is 1.79. The van der Waals surface area contributed by atoms with Gasteiger partial charge in [0.1, 0.15) is 5.52 Å². The molecule has 1 aliphatic heterocycles. The lowest BCUT2D eigenvalue weighted by Gasteiger charge is -2.30. The highest BCUT2D eigenvalue weighted by Crippen LogP contribution is 2.30. The predicted octanol–water partition coefficient (Wildman–Crippen LogP) is 4.79. The van der Waals surface area contributed by atoms with Crippen molar-refractivity contribution in [2.24, 2.45) is 0 Å². The van der Waals surface area contributed by atoms with Crippen LogP contribution < -0.4 is 0 Å². The maximum Gasteiger partial charge on any atom is 0.199 e. The van der Waals surface area contributed by atoms with E-state index in [4.69, 9.17) is 14.4 Å². The molecule has 0 saturated carbocycles. The van der Waals surface area contributed by atoms with Crippen LogP contribution in [-0.4, -0.2) is 28.0 Å². The van der Waals surface area contributed by atoms with Crippen LogP contribution in [0, 0.1) is 0 Å². The van der Waals surface area contributed by atoms with Crippen LogP contribution in [0.4, 0.5) is 0 Å². The highest BCUT2D eigenvalue weighted by atomic mass is 32.1. The minimum Gasteiger partial charge on any atom is -0.440 e. The minimum atomic E-state index is 0.384. The molecule has 1 atom stereocenters. The molecular formula is C19H23N3OS. The molecule has 24 heavy (non-hydrogen) atoms. The van der Waals surface area contributed by atoms with Crippen molar-refractivity contribution >= 4 is 22.4 Å². The van der Waals surface area contributed by atoms with Crippen molar-refractivity contribution in [1.82, 2.24) is 14.9 Å². The first-order valence-corrected chi connectivity index (χ1v) is 9.59. The van der Waals surface area contributed by atoms with Crippen LogP contribution in [0.15, 0.2) is 34.1 Å². The molecule has 3 aromatic rings. The van der Waals surface area contributed by atoms with Crippen molar-refractivity contribution in [2.75, 3.05) is 13.1 Å². The van der Waals surface area contributed by atoms with Gasteiger partial charge in [-0.3, -0.25) is 4.90 Å². The molecule has 2 aromatic heterocycles. The smallest absolute Gasteiger partial charge is 0.199 e. The van der Waals surface area contributed by atoms with Gasteiger partial charge in [0.05, 0.1) is 10.7 Å². The Labute approximate surface area is 146 Å². The van der Waals surface area contributed by atoms with Gasteiger partial charge in [0.2, 0.25) is 0 Å². The van der Waals surface area contributed by atoms with Crippen molar-refractivity contribution in [2.45, 2.75) is 45.1 Å². The van der Waals surface area contributed by atoms with E-state index in [1.165, 1.54) is 17.1 Å². The summed E-state index contributed by atoms with van der Waals surface area (Å²) >= 11 is 1.78. The molecule has 126 valence electrons. The number of thiazole rings is 1. The molecule has 0 N–H and O–H groups in total. The lowest BCUT2D eigenvalue weighted by molar-refractivity contribution is 0.185. The summed E-state index contributed by atoms with van der Waals surface area (Å²) in [6.07, 6.45) is 2.34. The first-order chi connectivity index (χ1) is 11.7. The van der Waals surface area contributed by atoms with Gasteiger partial charge in [0.25, 0.3) is 0 Å². The summed E-state index contributed by atoms with van der Waals surface area (Å²) < 4.78 is 5.99. The molecule has 4 rings (SSSR count). The number of benzene rings is 1. The van der Waals surface area contributed by atoms with Gasteiger partial charge in [-0.25, -0.2) is 9.97 Å². The number of aromatic nitrogens is 2. The Morgan fingerprint density at radius 3 is 2.96 bits per heavy atom. The highest BCUT2D eigenvalue weighted by molar-refractivity contribution is 7.09. The van der Waals surface area contributed by atoms with Gasteiger partial charge in [0.15, 0.2) is 11.5 Å². The zero-order chi connectivity index (χ0) is 16.5. The molecule has 0 spiro atoms. The predicted molar refractivity (Wildman–Crippen MR) is 97.5 cm³/mol. The molecule has 0 aliphatic carbocycles. The molecule has 3 heterocycles. The van der Waals surface area contributed by atoms with E-state index in [-0.39, 0.29) is 0 Å². The largest absolute Gasteiger partial charge is 0.440 e. The maximum atomic E-state index is 5.99. The van der Waals surface area contributed by atoms with E-state index in [2.05, 4.69) is 24.1 Å². The lowest BCUT2D eigenvalue weighted by Crippen LogP contribution is -2.34. The number of piperidine rings is 1. The minimum absolute atomic E-state index is 0.384. The second-order valence-corrected chi connectivity index (χ2v) is 7.82. The van der Waals surface area contributed by atoms with Crippen LogP contribution in [0.1, 0.15) is 55.1 Å². The Morgan fingerprint density at radius 1 is 1.29 bits per heavy atom. The standard InChI is InChI=1S/C19H23N3OS/c1-13(2)19-20-15(12-24-19)11-22-9-5-6-14(10-22)18-21-16-7-3-4-8-17(16)23-18/h3-4,7-8,12-14H,5-6,9-11H2,1-2H3. The fraction of sp³-hybridized carbons (Fsp3) is 0.474. The van der Waals surface area contributed by atoms with Crippen LogP contribution >= 0.6 is 11.3 Å². The molecule has 1 aliphatic rings. The Kier molecular flexibility index (Phi) is 4.37. The average Bonchev–Trinajstić information content (AvgIpc) is 3.21. The van der Waals surface area contributed by atoms with Gasteiger partial charge in [0, 0.05) is 30.3 Å². The van der Waals surface area contributed by atoms with Crippen molar-refractivity contribution in [3.63, 3.8) is 0 Å². The summed E-state index contributed by atoms with van der Waals surface area (Å²) in [4.78, 5) is 12.0. The van der Waals surface area contributed by atoms with Crippen molar-refractivity contribution < 1.29 is 4.42 Å². The number of para-hydroxylation sites is 2. The molecule has 0 bridgehead atoms. The van der Waals surface area contributed by atoms with Gasteiger partial charge in [-0.2, -0.15) is 0 Å². The monoisotopic (exact) mass is 341 g/mol. The summed E-state index contributed by atoms with van der Waals surface area (Å²) in [6.45, 7) is 7.46. The van der Waals surface area contributed by atoms with Gasteiger partial charge in [-0.1, -0.05) is 26.0 Å². The number of oxazole rings is 1. The van der Waals surface area contributed by atoms with E-state index in [9.17, 15) is 0 Å². The van der Waals surface area contributed by atoms with Crippen LogP contribution in [0.3, 0.4) is 0 Å². The number of hydrogen-bond acceptors (Lipinski definition) is 5. The molecule has 5 heteroatoms. The van der Waals surface area contributed by atoms with Crippen LogP contribution in [-0.2, 0) is 6.54 Å². The molecule has 1 saturated heterocycles. The normalized spacial score (nSPS) is 19.4. The van der Waals surface area contributed by atoms with Crippen molar-refractivity contribution in [3.8, 4) is 0 Å². The number of rotatable bonds is 4. The first kappa shape index (κ1) is 15.8. The van der Waals surface area contributed by atoms with Crippen molar-refractivity contribution in [3.05, 3.63) is 46.2 Å². The van der Waals surface area contributed by atoms with E-state index in [1.54, 1.807) is 11.3 Å². The van der Waals surface area contributed by atoms with E-state index < -0.39 is 0 Å². The lowest BCUT2D eigenvalue weighted by atomic mass is 9.98. The maximum absolute atomic E-state index is 5.99. The molecular weight excluding hydrogens is 318 g/mol. The zero-order valence-corrected chi connectivity index (χ0v) is 15.1. The summed E-state index contributed by atoms with van der Waals surface area (Å²) in [5.41, 5.74) is 3.05. The molecule has 4 nitrogen and oxygen atoms in total. The van der Waals surface area contributed by atoms with Crippen LogP contribution in [0.5, 0.6) is 0 Å². The Hall–Kier alpha value is -1.72. The van der Waals surface area contributed by atoms with E-state index in [1.807, 2.05) is 24.3 Å². The topological polar surface area (TPSA) is 42.2 Å². The van der Waals surface area contributed by atoms with Crippen molar-refractivity contribution in [1.29, 1.82) is 0 Å². The third kappa shape index (κ3) is 3.23. The fourth-order valence-corrected chi connectivity index (χ4v) is 4.18. The van der Waals surface area contributed by atoms with Gasteiger partial charge in [-0.15, -0.1) is 11.3 Å². The number of hydrogen-bond donors (Lipinski definition) is 0. The second kappa shape index (κ2) is 6.65. The SMILES string of the molecule is CC(C)c1nc(CN2CCCC(c3nc4ccccc4o3)C2)cs1. The Morgan fingerprint density at radius 2 is 2.17 bits per heavy atom. The highest BCUT2D eigenvalue weighted by Gasteiger charge is 2.26. The number of likely N-dealkylation sites (tertiary alicyclic amines) is 1. The third-order valence-corrected chi connectivity index (χ3v) is 5.81. The Balaban J connectivity index is 1.46. The summed E-state index contributed by atoms with van der Waals surface area (Å²) in [5, 5.41) is 3.44.